The SMILES string of the molecule is c1ccc(N(c2ccccc2)c2ccc(-c3c4ccccc4c(-c4ccc(N(c5ccccc5)c5ccccc5)cc4)c4cc(-c5cc6ncccc6c6ccccc56)ccc34)cc2)cc1. The first-order valence-corrected chi connectivity index (χ1v) is 22.5. The van der Waals surface area contributed by atoms with Gasteiger partial charge in [0, 0.05) is 45.7 Å². The molecule has 0 unspecified atom stereocenters. The molecule has 0 saturated heterocycles. The average Bonchev–Trinajstić information content (AvgIpc) is 3.39. The number of para-hydroxylation sites is 4. The number of aromatic nitrogens is 1. The summed E-state index contributed by atoms with van der Waals surface area (Å²) in [5.41, 5.74) is 14.7. The smallest absolute Gasteiger partial charge is 0.0714 e. The van der Waals surface area contributed by atoms with Gasteiger partial charge in [-0.25, -0.2) is 0 Å². The Morgan fingerprint density at radius 1 is 0.242 bits per heavy atom. The van der Waals surface area contributed by atoms with Crippen LogP contribution in [0.25, 0.3) is 76.6 Å². The lowest BCUT2D eigenvalue weighted by Gasteiger charge is -2.26. The highest BCUT2D eigenvalue weighted by atomic mass is 15.1. The van der Waals surface area contributed by atoms with Crippen LogP contribution in [0.4, 0.5) is 34.1 Å². The van der Waals surface area contributed by atoms with Gasteiger partial charge in [0.2, 0.25) is 0 Å². The number of fused-ring (bicyclic) bond motifs is 5. The second-order valence-electron chi connectivity index (χ2n) is 16.7. The Hall–Kier alpha value is -8.79. The number of benzene rings is 11. The lowest BCUT2D eigenvalue weighted by molar-refractivity contribution is 1.28. The molecule has 1 aromatic heterocycles. The Morgan fingerprint density at radius 3 is 1.09 bits per heavy atom. The van der Waals surface area contributed by atoms with E-state index in [2.05, 4.69) is 259 Å². The van der Waals surface area contributed by atoms with E-state index in [-0.39, 0.29) is 0 Å². The zero-order valence-electron chi connectivity index (χ0n) is 36.2. The van der Waals surface area contributed by atoms with Crippen LogP contribution < -0.4 is 9.80 Å². The quantitative estimate of drug-likeness (QED) is 0.107. The lowest BCUT2D eigenvalue weighted by atomic mass is 9.84. The average molecular weight is 842 g/mol. The zero-order valence-corrected chi connectivity index (χ0v) is 36.2. The minimum Gasteiger partial charge on any atom is -0.311 e. The first-order chi connectivity index (χ1) is 32.8. The fourth-order valence-electron chi connectivity index (χ4n) is 9.89. The van der Waals surface area contributed by atoms with Crippen LogP contribution in [0.1, 0.15) is 0 Å². The molecule has 0 atom stereocenters. The molecule has 0 saturated carbocycles. The van der Waals surface area contributed by atoms with E-state index in [0.29, 0.717) is 0 Å². The van der Waals surface area contributed by atoms with Crippen molar-refractivity contribution in [1.29, 1.82) is 0 Å². The van der Waals surface area contributed by atoms with Crippen LogP contribution in [-0.4, -0.2) is 4.98 Å². The van der Waals surface area contributed by atoms with E-state index in [0.717, 1.165) is 61.7 Å². The normalized spacial score (nSPS) is 11.3. The predicted molar refractivity (Wildman–Crippen MR) is 280 cm³/mol. The number of pyridine rings is 1. The van der Waals surface area contributed by atoms with Crippen molar-refractivity contribution in [1.82, 2.24) is 4.98 Å². The van der Waals surface area contributed by atoms with Crippen LogP contribution in [0.3, 0.4) is 0 Å². The summed E-state index contributed by atoms with van der Waals surface area (Å²) >= 11 is 0. The van der Waals surface area contributed by atoms with Gasteiger partial charge in [0.15, 0.2) is 0 Å². The first-order valence-electron chi connectivity index (χ1n) is 22.5. The molecule has 0 aliphatic rings. The second kappa shape index (κ2) is 16.7. The van der Waals surface area contributed by atoms with Gasteiger partial charge in [-0.15, -0.1) is 0 Å². The monoisotopic (exact) mass is 841 g/mol. The van der Waals surface area contributed by atoms with E-state index in [4.69, 9.17) is 4.98 Å². The fourth-order valence-corrected chi connectivity index (χ4v) is 9.89. The van der Waals surface area contributed by atoms with Gasteiger partial charge in [0.1, 0.15) is 0 Å². The maximum atomic E-state index is 4.86. The molecule has 0 N–H and O–H groups in total. The molecule has 0 aliphatic heterocycles. The highest BCUT2D eigenvalue weighted by molar-refractivity contribution is 6.23. The number of rotatable bonds is 9. The van der Waals surface area contributed by atoms with Crippen molar-refractivity contribution >= 4 is 77.3 Å². The minimum absolute atomic E-state index is 0.989. The van der Waals surface area contributed by atoms with E-state index in [1.807, 2.05) is 12.3 Å². The van der Waals surface area contributed by atoms with Crippen LogP contribution in [-0.2, 0) is 0 Å². The summed E-state index contributed by atoms with van der Waals surface area (Å²) in [6.07, 6.45) is 1.89. The second-order valence-corrected chi connectivity index (χ2v) is 16.7. The molecule has 12 rings (SSSR count). The largest absolute Gasteiger partial charge is 0.311 e. The van der Waals surface area contributed by atoms with Crippen molar-refractivity contribution in [3.8, 4) is 33.4 Å². The maximum Gasteiger partial charge on any atom is 0.0714 e. The molecule has 3 heteroatoms. The van der Waals surface area contributed by atoms with Gasteiger partial charge < -0.3 is 9.80 Å². The lowest BCUT2D eigenvalue weighted by Crippen LogP contribution is -2.09. The van der Waals surface area contributed by atoms with E-state index >= 15 is 0 Å². The van der Waals surface area contributed by atoms with Crippen LogP contribution in [0.5, 0.6) is 0 Å². The molecule has 0 radical (unpaired) electrons. The fraction of sp³-hybridized carbons (Fsp3) is 0. The molecule has 12 aromatic rings. The number of hydrogen-bond acceptors (Lipinski definition) is 3. The first kappa shape index (κ1) is 38.9. The molecule has 310 valence electrons. The molecule has 11 aromatic carbocycles. The third-order valence-electron chi connectivity index (χ3n) is 12.8. The molecule has 0 amide bonds. The molecule has 0 bridgehead atoms. The summed E-state index contributed by atoms with van der Waals surface area (Å²) in [4.78, 5) is 9.49. The van der Waals surface area contributed by atoms with Crippen molar-refractivity contribution in [2.45, 2.75) is 0 Å². The molecule has 3 nitrogen and oxygen atoms in total. The highest BCUT2D eigenvalue weighted by Gasteiger charge is 2.21. The third kappa shape index (κ3) is 6.91. The molecule has 0 aliphatic carbocycles. The number of nitrogens with zero attached hydrogens (tertiary/aromatic N) is 3. The van der Waals surface area contributed by atoms with E-state index < -0.39 is 0 Å². The summed E-state index contributed by atoms with van der Waals surface area (Å²) < 4.78 is 0. The van der Waals surface area contributed by atoms with Gasteiger partial charge in [-0.1, -0.05) is 164 Å². The molecular weight excluding hydrogens is 799 g/mol. The van der Waals surface area contributed by atoms with Gasteiger partial charge in [0.05, 0.1) is 5.52 Å². The topological polar surface area (TPSA) is 19.4 Å². The summed E-state index contributed by atoms with van der Waals surface area (Å²) in [5, 5.41) is 8.39. The van der Waals surface area contributed by atoms with E-state index in [9.17, 15) is 0 Å². The molecule has 0 fully saturated rings. The van der Waals surface area contributed by atoms with Gasteiger partial charge >= 0.3 is 0 Å². The molecular formula is C63H43N3. The van der Waals surface area contributed by atoms with Crippen LogP contribution >= 0.6 is 0 Å². The third-order valence-corrected chi connectivity index (χ3v) is 12.8. The number of anilines is 6. The van der Waals surface area contributed by atoms with Crippen LogP contribution in [0.15, 0.2) is 261 Å². The molecule has 0 spiro atoms. The van der Waals surface area contributed by atoms with Gasteiger partial charge in [-0.05, 0) is 157 Å². The van der Waals surface area contributed by atoms with Gasteiger partial charge in [0.25, 0.3) is 0 Å². The Morgan fingerprint density at radius 2 is 0.606 bits per heavy atom. The van der Waals surface area contributed by atoms with E-state index in [1.54, 1.807) is 0 Å². The summed E-state index contributed by atoms with van der Waals surface area (Å²) in [6.45, 7) is 0. The Kier molecular flexibility index (Phi) is 9.85. The standard InChI is InChI=1S/C63H43N3/c1-5-18-47(19-6-1)65(48-20-7-2-8-21-48)51-36-31-44(32-37-51)62-56-28-15-16-29-57(56)63(45-33-38-52(39-34-45)66(49-22-9-3-10-23-49)50-24-11-4-12-25-50)60-42-46(35-40-58(60)62)59-43-61-55(30-17-41-64-61)53-26-13-14-27-54(53)59/h1-43H. The van der Waals surface area contributed by atoms with Crippen LogP contribution in [0, 0.1) is 0 Å². The summed E-state index contributed by atoms with van der Waals surface area (Å²) in [5.74, 6) is 0. The van der Waals surface area contributed by atoms with Crippen molar-refractivity contribution in [2.75, 3.05) is 9.80 Å². The van der Waals surface area contributed by atoms with Gasteiger partial charge in [-0.3, -0.25) is 4.98 Å². The van der Waals surface area contributed by atoms with Crippen molar-refractivity contribution < 1.29 is 0 Å². The zero-order chi connectivity index (χ0) is 43.8. The molecule has 1 heterocycles. The van der Waals surface area contributed by atoms with Crippen molar-refractivity contribution in [2.24, 2.45) is 0 Å². The molecule has 66 heavy (non-hydrogen) atoms. The summed E-state index contributed by atoms with van der Waals surface area (Å²) in [6, 6.07) is 91.9. The van der Waals surface area contributed by atoms with Crippen molar-refractivity contribution in [3.63, 3.8) is 0 Å². The van der Waals surface area contributed by atoms with E-state index in [1.165, 1.54) is 49.0 Å². The highest BCUT2D eigenvalue weighted by Crippen LogP contribution is 2.47. The van der Waals surface area contributed by atoms with Crippen molar-refractivity contribution in [3.05, 3.63) is 261 Å². The number of hydrogen-bond donors (Lipinski definition) is 0. The Labute approximate surface area is 384 Å². The Balaban J connectivity index is 1.08. The predicted octanol–water partition coefficient (Wildman–Crippen LogP) is 17.6. The maximum absolute atomic E-state index is 4.86. The van der Waals surface area contributed by atoms with Gasteiger partial charge in [-0.2, -0.15) is 0 Å². The van der Waals surface area contributed by atoms with Crippen LogP contribution in [0.2, 0.25) is 0 Å². The summed E-state index contributed by atoms with van der Waals surface area (Å²) in [7, 11) is 0. The Bertz CT molecular complexity index is 3590. The minimum atomic E-state index is 0.989.